The monoisotopic (exact) mass is 350 g/mol. The summed E-state index contributed by atoms with van der Waals surface area (Å²) < 4.78 is 47.3. The van der Waals surface area contributed by atoms with Crippen LogP contribution in [0.5, 0.6) is 0 Å². The van der Waals surface area contributed by atoms with E-state index in [1.54, 1.807) is 0 Å². The van der Waals surface area contributed by atoms with E-state index in [2.05, 4.69) is 4.74 Å². The van der Waals surface area contributed by atoms with Gasteiger partial charge in [-0.05, 0) is 0 Å². The van der Waals surface area contributed by atoms with Crippen LogP contribution in [0.1, 0.15) is 0 Å². The minimum atomic E-state index is -2.86. The normalized spacial score (nSPS) is 7.38. The van der Waals surface area contributed by atoms with Crippen LogP contribution >= 0.6 is 0 Å². The van der Waals surface area contributed by atoms with Crippen LogP contribution in [0.2, 0.25) is 0 Å². The summed E-state index contributed by atoms with van der Waals surface area (Å²) in [6.07, 6.45) is -5.72. The molecule has 0 heterocycles. The summed E-state index contributed by atoms with van der Waals surface area (Å²) >= 11 is 0. The van der Waals surface area contributed by atoms with E-state index in [0.717, 1.165) is 0 Å². The molecule has 2 radical (unpaired) electrons. The molecule has 0 aromatic carbocycles. The maximum atomic E-state index is 11.1. The van der Waals surface area contributed by atoms with Gasteiger partial charge in [0, 0.05) is 78.3 Å². The van der Waals surface area contributed by atoms with Crippen molar-refractivity contribution >= 4 is 11.9 Å². The third-order valence-corrected chi connectivity index (χ3v) is 0.494. The minimum Gasteiger partial charge on any atom is -0.436 e. The third kappa shape index (κ3) is 9.12. The number of carbonyl (C=O) groups excluding carboxylic acids is 2. The van der Waals surface area contributed by atoms with Crippen LogP contribution in [0.25, 0.3) is 0 Å². The average Bonchev–Trinajstić information content (AvgIpc) is 1.87. The van der Waals surface area contributed by atoms with E-state index >= 15 is 0 Å². The summed E-state index contributed by atoms with van der Waals surface area (Å²) in [4.78, 5) is 19.4. The van der Waals surface area contributed by atoms with Gasteiger partial charge in [-0.2, -0.15) is 0 Å². The third-order valence-electron chi connectivity index (χ3n) is 0.494. The fourth-order valence-corrected chi connectivity index (χ4v) is 0.161. The molecule has 0 fully saturated rings. The Balaban J connectivity index is -0.000000500. The summed E-state index contributed by atoms with van der Waals surface area (Å²) in [6, 6.07) is 0. The molecule has 0 atom stereocenters. The molecule has 0 saturated carbocycles. The summed E-state index contributed by atoms with van der Waals surface area (Å²) in [5, 5.41) is 0. The van der Waals surface area contributed by atoms with Gasteiger partial charge in [0.15, 0.2) is 0 Å². The Hall–Kier alpha value is 0.808. The van der Waals surface area contributed by atoms with Crippen LogP contribution < -0.4 is 0 Å². The number of hydrogen-bond donors (Lipinski definition) is 0. The summed E-state index contributed by atoms with van der Waals surface area (Å²) in [5.41, 5.74) is 0. The van der Waals surface area contributed by atoms with Crippen LogP contribution in [-0.2, 0) is 79.7 Å². The van der Waals surface area contributed by atoms with Crippen LogP contribution in [0, 0.1) is 12.9 Å². The second-order valence-electron chi connectivity index (χ2n) is 1.20. The van der Waals surface area contributed by atoms with Crippen LogP contribution in [-0.4, -0.2) is 11.9 Å². The Bertz CT molecular complexity index is 157. The number of halogens is 4. The zero-order valence-corrected chi connectivity index (χ0v) is 11.6. The van der Waals surface area contributed by atoms with Crippen molar-refractivity contribution in [3.63, 3.8) is 0 Å². The van der Waals surface area contributed by atoms with E-state index < -0.39 is 24.8 Å². The van der Waals surface area contributed by atoms with Gasteiger partial charge in [-0.1, -0.05) is 0 Å². The SMILES string of the molecule is O=C(OC(=O)[C-](F)F)[C-](F)F.[Y].[Y]. The molecule has 70 valence electrons. The van der Waals surface area contributed by atoms with Gasteiger partial charge in [0.25, 0.3) is 0 Å². The Morgan fingerprint density at radius 2 is 1.08 bits per heavy atom. The predicted molar refractivity (Wildman–Crippen MR) is 22.0 cm³/mol. The van der Waals surface area contributed by atoms with Crippen molar-refractivity contribution in [1.82, 2.24) is 0 Å². The summed E-state index contributed by atoms with van der Waals surface area (Å²) in [7, 11) is 0. The fraction of sp³-hybridized carbons (Fsp3) is 0. The maximum Gasteiger partial charge on any atom is 0.235 e. The first-order valence-corrected chi connectivity index (χ1v) is 2.07. The zero-order valence-electron chi connectivity index (χ0n) is 5.89. The number of hydrogen-bond acceptors (Lipinski definition) is 3. The van der Waals surface area contributed by atoms with Gasteiger partial charge in [0.1, 0.15) is 0 Å². The molecule has 0 spiro atoms. The Morgan fingerprint density at radius 3 is 1.23 bits per heavy atom. The van der Waals surface area contributed by atoms with Crippen molar-refractivity contribution < 1.29 is 97.3 Å². The van der Waals surface area contributed by atoms with Crippen molar-refractivity contribution in [2.45, 2.75) is 0 Å². The Morgan fingerprint density at radius 1 is 0.846 bits per heavy atom. The van der Waals surface area contributed by atoms with E-state index in [1.807, 2.05) is 0 Å². The molecule has 9 heteroatoms. The molecule has 0 N–H and O–H groups in total. The van der Waals surface area contributed by atoms with E-state index in [0.29, 0.717) is 0 Å². The molecule has 0 rings (SSSR count). The maximum absolute atomic E-state index is 11.1. The molecule has 0 aromatic heterocycles. The van der Waals surface area contributed by atoms with Gasteiger partial charge in [0.2, 0.25) is 11.9 Å². The molecule has 0 aliphatic rings. The first-order chi connectivity index (χ1) is 4.95. The van der Waals surface area contributed by atoms with Crippen LogP contribution in [0.15, 0.2) is 0 Å². The number of rotatable bonds is 2. The van der Waals surface area contributed by atoms with Gasteiger partial charge in [0.05, 0.1) is 0 Å². The van der Waals surface area contributed by atoms with Gasteiger partial charge in [-0.25, -0.2) is 0 Å². The van der Waals surface area contributed by atoms with E-state index in [1.165, 1.54) is 0 Å². The molecule has 3 nitrogen and oxygen atoms in total. The quantitative estimate of drug-likeness (QED) is 0.322. The fourth-order valence-electron chi connectivity index (χ4n) is 0.161. The summed E-state index contributed by atoms with van der Waals surface area (Å²) in [5.74, 6) is -4.74. The molecule has 0 bridgehead atoms. The van der Waals surface area contributed by atoms with Gasteiger partial charge >= 0.3 is 0 Å². The topological polar surface area (TPSA) is 43.4 Å². The van der Waals surface area contributed by atoms with Gasteiger partial charge < -0.3 is 22.3 Å². The predicted octanol–water partition coefficient (Wildman–Crippen LogP) is 0.908. The number of ether oxygens (including phenoxy) is 1. The van der Waals surface area contributed by atoms with Gasteiger partial charge in [-0.3, -0.25) is 9.59 Å². The molecule has 0 saturated heterocycles. The molecule has 0 aliphatic heterocycles. The van der Waals surface area contributed by atoms with Crippen LogP contribution in [0.3, 0.4) is 0 Å². The molecule has 0 unspecified atom stereocenters. The largest absolute Gasteiger partial charge is 0.436 e. The van der Waals surface area contributed by atoms with Crippen LogP contribution in [0.4, 0.5) is 17.6 Å². The smallest absolute Gasteiger partial charge is 0.235 e. The van der Waals surface area contributed by atoms with Crippen molar-refractivity contribution in [2.75, 3.05) is 0 Å². The van der Waals surface area contributed by atoms with Crippen molar-refractivity contribution in [3.8, 4) is 0 Å². The van der Waals surface area contributed by atoms with E-state index in [4.69, 9.17) is 0 Å². The Kier molecular flexibility index (Phi) is 14.0. The van der Waals surface area contributed by atoms with Crippen molar-refractivity contribution in [3.05, 3.63) is 12.9 Å². The summed E-state index contributed by atoms with van der Waals surface area (Å²) in [6.45, 7) is 0. The second-order valence-corrected chi connectivity index (χ2v) is 1.20. The Labute approximate surface area is 121 Å². The number of carbonyl (C=O) groups is 2. The minimum absolute atomic E-state index is 0. The molecule has 13 heavy (non-hydrogen) atoms. The van der Waals surface area contributed by atoms with E-state index in [-0.39, 0.29) is 65.4 Å². The van der Waals surface area contributed by atoms with E-state index in [9.17, 15) is 27.2 Å². The van der Waals surface area contributed by atoms with Crippen molar-refractivity contribution in [2.24, 2.45) is 0 Å². The first kappa shape index (κ1) is 19.4. The molecule has 0 aromatic rings. The standard InChI is InChI=1S/C4F4O3.2Y/c5-1(6)3(9)11-4(10)2(7)8;;/q-2;;. The molecule has 0 aliphatic carbocycles. The molecular formula is C4F4O3Y2-2. The molecule has 0 amide bonds. The second kappa shape index (κ2) is 9.37. The van der Waals surface area contributed by atoms with Gasteiger partial charge in [-0.15, -0.1) is 0 Å². The van der Waals surface area contributed by atoms with Crippen molar-refractivity contribution in [1.29, 1.82) is 0 Å². The number of esters is 2. The first-order valence-electron chi connectivity index (χ1n) is 2.07. The average molecular weight is 350 g/mol. The zero-order chi connectivity index (χ0) is 9.02. The molecular weight excluding hydrogens is 350 g/mol.